The molecule has 13 heavy (non-hydrogen) atoms. The molecule has 1 rings (SSSR count). The molecule has 0 aromatic heterocycles. The van der Waals surface area contributed by atoms with Crippen LogP contribution < -0.4 is 9.47 Å². The van der Waals surface area contributed by atoms with Crippen molar-refractivity contribution in [2.75, 3.05) is 13.7 Å². The number of halogens is 1. The second kappa shape index (κ2) is 4.72. The molecule has 0 amide bonds. The van der Waals surface area contributed by atoms with Gasteiger partial charge in [-0.05, 0) is 23.7 Å². The molecular weight excluding hydrogens is 192 g/mol. The monoisotopic (exact) mass is 200 g/mol. The second-order valence-electron chi connectivity index (χ2n) is 2.29. The maximum absolute atomic E-state index is 10.4. The first-order valence-electron chi connectivity index (χ1n) is 3.68. The van der Waals surface area contributed by atoms with E-state index in [1.54, 1.807) is 18.2 Å². The van der Waals surface area contributed by atoms with Crippen LogP contribution in [0.25, 0.3) is 0 Å². The molecule has 0 bridgehead atoms. The Hall–Kier alpha value is -1.22. The molecule has 1 aromatic carbocycles. The van der Waals surface area contributed by atoms with Crippen molar-refractivity contribution in [1.82, 2.24) is 0 Å². The molecule has 0 N–H and O–H groups in total. The minimum atomic E-state index is -0.536. The van der Waals surface area contributed by atoms with Crippen LogP contribution in [0.15, 0.2) is 24.3 Å². The van der Waals surface area contributed by atoms with Crippen LogP contribution in [-0.4, -0.2) is 19.0 Å². The lowest BCUT2D eigenvalue weighted by Crippen LogP contribution is -2.05. The van der Waals surface area contributed by atoms with Gasteiger partial charge in [0.25, 0.3) is 5.24 Å². The summed E-state index contributed by atoms with van der Waals surface area (Å²) in [6.07, 6.45) is 0. The Labute approximate surface area is 81.2 Å². The van der Waals surface area contributed by atoms with Gasteiger partial charge < -0.3 is 9.47 Å². The SMILES string of the molecule is COc1ccccc1OCC(=O)Cl. The number of hydrogen-bond donors (Lipinski definition) is 0. The highest BCUT2D eigenvalue weighted by atomic mass is 35.5. The molecule has 1 aromatic rings. The first-order valence-corrected chi connectivity index (χ1v) is 4.06. The largest absolute Gasteiger partial charge is 0.493 e. The van der Waals surface area contributed by atoms with E-state index in [1.807, 2.05) is 6.07 Å². The summed E-state index contributed by atoms with van der Waals surface area (Å²) < 4.78 is 10.1. The maximum atomic E-state index is 10.4. The molecule has 70 valence electrons. The molecule has 0 atom stereocenters. The number of rotatable bonds is 4. The van der Waals surface area contributed by atoms with Crippen LogP contribution in [0.1, 0.15) is 0 Å². The molecule has 0 radical (unpaired) electrons. The number of ether oxygens (including phenoxy) is 2. The summed E-state index contributed by atoms with van der Waals surface area (Å²) in [6.45, 7) is -0.151. The van der Waals surface area contributed by atoms with Crippen LogP contribution in [0.3, 0.4) is 0 Å². The number of methoxy groups -OCH3 is 1. The highest BCUT2D eigenvalue weighted by Crippen LogP contribution is 2.25. The lowest BCUT2D eigenvalue weighted by Gasteiger charge is -2.07. The van der Waals surface area contributed by atoms with Gasteiger partial charge in [-0.2, -0.15) is 0 Å². The van der Waals surface area contributed by atoms with Crippen LogP contribution in [0.4, 0.5) is 0 Å². The lowest BCUT2D eigenvalue weighted by molar-refractivity contribution is -0.113. The van der Waals surface area contributed by atoms with E-state index in [1.165, 1.54) is 7.11 Å². The van der Waals surface area contributed by atoms with Gasteiger partial charge in [0, 0.05) is 0 Å². The summed E-state index contributed by atoms with van der Waals surface area (Å²) in [4.78, 5) is 10.4. The van der Waals surface area contributed by atoms with E-state index in [0.29, 0.717) is 11.5 Å². The fraction of sp³-hybridized carbons (Fsp3) is 0.222. The highest BCUT2D eigenvalue weighted by molar-refractivity contribution is 6.63. The molecular formula is C9H9ClO3. The van der Waals surface area contributed by atoms with E-state index in [0.717, 1.165) is 0 Å². The van der Waals surface area contributed by atoms with Gasteiger partial charge in [-0.3, -0.25) is 4.79 Å². The standard InChI is InChI=1S/C9H9ClO3/c1-12-7-4-2-3-5-8(7)13-6-9(10)11/h2-5H,6H2,1H3. The van der Waals surface area contributed by atoms with E-state index in [-0.39, 0.29) is 6.61 Å². The van der Waals surface area contributed by atoms with E-state index in [4.69, 9.17) is 21.1 Å². The molecule has 0 fully saturated rings. The minimum Gasteiger partial charge on any atom is -0.493 e. The number of hydrogen-bond acceptors (Lipinski definition) is 3. The molecule has 0 saturated heterocycles. The smallest absolute Gasteiger partial charge is 0.259 e. The molecule has 3 nitrogen and oxygen atoms in total. The zero-order chi connectivity index (χ0) is 9.68. The average Bonchev–Trinajstić information content (AvgIpc) is 2.15. The summed E-state index contributed by atoms with van der Waals surface area (Å²) in [6, 6.07) is 7.05. The summed E-state index contributed by atoms with van der Waals surface area (Å²) in [5, 5.41) is -0.536. The van der Waals surface area contributed by atoms with Gasteiger partial charge in [-0.15, -0.1) is 0 Å². The van der Waals surface area contributed by atoms with Crippen molar-refractivity contribution in [3.63, 3.8) is 0 Å². The van der Waals surface area contributed by atoms with Gasteiger partial charge in [-0.1, -0.05) is 12.1 Å². The van der Waals surface area contributed by atoms with Crippen molar-refractivity contribution in [2.45, 2.75) is 0 Å². The Balaban J connectivity index is 2.69. The van der Waals surface area contributed by atoms with Crippen LogP contribution in [0.2, 0.25) is 0 Å². The van der Waals surface area contributed by atoms with E-state index in [2.05, 4.69) is 0 Å². The molecule has 0 aliphatic rings. The molecule has 0 saturated carbocycles. The normalized spacial score (nSPS) is 9.38. The third-order valence-electron chi connectivity index (χ3n) is 1.41. The van der Waals surface area contributed by atoms with Gasteiger partial charge in [0.2, 0.25) is 0 Å². The molecule has 0 heterocycles. The van der Waals surface area contributed by atoms with E-state index in [9.17, 15) is 4.79 Å². The quantitative estimate of drug-likeness (QED) is 0.696. The molecule has 0 aliphatic carbocycles. The Kier molecular flexibility index (Phi) is 3.58. The Morgan fingerprint density at radius 2 is 2.00 bits per heavy atom. The van der Waals surface area contributed by atoms with Crippen molar-refractivity contribution < 1.29 is 14.3 Å². The molecule has 0 unspecified atom stereocenters. The Morgan fingerprint density at radius 1 is 1.38 bits per heavy atom. The van der Waals surface area contributed by atoms with E-state index < -0.39 is 5.24 Å². The van der Waals surface area contributed by atoms with Crippen LogP contribution >= 0.6 is 11.6 Å². The molecule has 4 heteroatoms. The first kappa shape index (κ1) is 9.86. The van der Waals surface area contributed by atoms with Crippen molar-refractivity contribution in [3.05, 3.63) is 24.3 Å². The van der Waals surface area contributed by atoms with Gasteiger partial charge >= 0.3 is 0 Å². The molecule has 0 aliphatic heterocycles. The number of carbonyl (C=O) groups is 1. The zero-order valence-corrected chi connectivity index (χ0v) is 7.88. The fourth-order valence-corrected chi connectivity index (χ4v) is 0.927. The van der Waals surface area contributed by atoms with Crippen molar-refractivity contribution in [1.29, 1.82) is 0 Å². The average molecular weight is 201 g/mol. The van der Waals surface area contributed by atoms with Gasteiger partial charge in [0.05, 0.1) is 7.11 Å². The van der Waals surface area contributed by atoms with Crippen LogP contribution in [0, 0.1) is 0 Å². The summed E-state index contributed by atoms with van der Waals surface area (Å²) >= 11 is 5.12. The molecule has 0 spiro atoms. The van der Waals surface area contributed by atoms with Gasteiger partial charge in [-0.25, -0.2) is 0 Å². The third kappa shape index (κ3) is 2.95. The van der Waals surface area contributed by atoms with Crippen LogP contribution in [-0.2, 0) is 4.79 Å². The predicted octanol–water partition coefficient (Wildman–Crippen LogP) is 1.84. The highest BCUT2D eigenvalue weighted by Gasteiger charge is 2.03. The Bertz CT molecular complexity index is 299. The minimum absolute atomic E-state index is 0.151. The maximum Gasteiger partial charge on any atom is 0.259 e. The van der Waals surface area contributed by atoms with Gasteiger partial charge in [0.1, 0.15) is 0 Å². The van der Waals surface area contributed by atoms with Crippen molar-refractivity contribution in [3.8, 4) is 11.5 Å². The second-order valence-corrected chi connectivity index (χ2v) is 2.72. The third-order valence-corrected chi connectivity index (χ3v) is 1.52. The summed E-state index contributed by atoms with van der Waals surface area (Å²) in [5.74, 6) is 1.10. The lowest BCUT2D eigenvalue weighted by atomic mass is 10.3. The first-order chi connectivity index (χ1) is 6.24. The van der Waals surface area contributed by atoms with E-state index >= 15 is 0 Å². The summed E-state index contributed by atoms with van der Waals surface area (Å²) in [7, 11) is 1.53. The van der Waals surface area contributed by atoms with Crippen molar-refractivity contribution >= 4 is 16.8 Å². The van der Waals surface area contributed by atoms with Gasteiger partial charge in [0.15, 0.2) is 18.1 Å². The van der Waals surface area contributed by atoms with Crippen LogP contribution in [0.5, 0.6) is 11.5 Å². The topological polar surface area (TPSA) is 35.5 Å². The fourth-order valence-electron chi connectivity index (χ4n) is 0.873. The zero-order valence-electron chi connectivity index (χ0n) is 7.12. The number of benzene rings is 1. The number of para-hydroxylation sites is 2. The summed E-state index contributed by atoms with van der Waals surface area (Å²) in [5.41, 5.74) is 0. The predicted molar refractivity (Wildman–Crippen MR) is 49.3 cm³/mol. The van der Waals surface area contributed by atoms with Crippen molar-refractivity contribution in [2.24, 2.45) is 0 Å². The number of carbonyl (C=O) groups excluding carboxylic acids is 1. The Morgan fingerprint density at radius 3 is 2.54 bits per heavy atom.